The van der Waals surface area contributed by atoms with Gasteiger partial charge in [0.05, 0.1) is 11.8 Å². The zero-order chi connectivity index (χ0) is 16.3. The van der Waals surface area contributed by atoms with Gasteiger partial charge >= 0.3 is 5.97 Å². The largest absolute Gasteiger partial charge is 0.481 e. The van der Waals surface area contributed by atoms with Crippen molar-refractivity contribution in [1.29, 1.82) is 0 Å². The number of hydrogen-bond acceptors (Lipinski definition) is 3. The molecule has 2 amide bonds. The van der Waals surface area contributed by atoms with Gasteiger partial charge in [-0.05, 0) is 37.5 Å². The lowest BCUT2D eigenvalue weighted by atomic mass is 9.82. The number of anilines is 1. The van der Waals surface area contributed by atoms with Gasteiger partial charge in [0.2, 0.25) is 11.8 Å². The van der Waals surface area contributed by atoms with Crippen molar-refractivity contribution in [3.8, 4) is 0 Å². The lowest BCUT2D eigenvalue weighted by Crippen LogP contribution is -2.34. The third-order valence-electron chi connectivity index (χ3n) is 3.86. The fraction of sp³-hybridized carbons (Fsp3) is 0.312. The number of carboxylic acid groups (broad SMARTS) is 1. The number of allylic oxidation sites excluding steroid dienone is 2. The normalized spacial score (nSPS) is 20.4. The summed E-state index contributed by atoms with van der Waals surface area (Å²) in [6.07, 6.45) is 4.32. The maximum atomic E-state index is 12.3. The zero-order valence-electron chi connectivity index (χ0n) is 12.2. The Bertz CT molecular complexity index is 652. The maximum absolute atomic E-state index is 12.3. The molecule has 1 aliphatic carbocycles. The number of amides is 2. The zero-order valence-corrected chi connectivity index (χ0v) is 12.2. The number of nitrogens with two attached hydrogens (primary N) is 1. The summed E-state index contributed by atoms with van der Waals surface area (Å²) >= 11 is 0. The van der Waals surface area contributed by atoms with E-state index < -0.39 is 23.7 Å². The van der Waals surface area contributed by atoms with Crippen LogP contribution in [-0.4, -0.2) is 22.9 Å². The predicted octanol–water partition coefficient (Wildman–Crippen LogP) is 1.70. The van der Waals surface area contributed by atoms with E-state index in [1.807, 2.05) is 6.08 Å². The highest BCUT2D eigenvalue weighted by atomic mass is 16.4. The third kappa shape index (κ3) is 3.33. The van der Waals surface area contributed by atoms with Gasteiger partial charge in [0.25, 0.3) is 0 Å². The second-order valence-electron chi connectivity index (χ2n) is 5.38. The number of carbonyl (C=O) groups excluding carboxylic acids is 2. The Morgan fingerprint density at radius 3 is 2.41 bits per heavy atom. The van der Waals surface area contributed by atoms with Crippen molar-refractivity contribution in [1.82, 2.24) is 0 Å². The van der Waals surface area contributed by atoms with Gasteiger partial charge in [0, 0.05) is 11.3 Å². The number of benzene rings is 1. The number of rotatable bonds is 4. The van der Waals surface area contributed by atoms with Crippen molar-refractivity contribution in [2.24, 2.45) is 17.6 Å². The van der Waals surface area contributed by atoms with Crippen LogP contribution in [0.2, 0.25) is 0 Å². The molecule has 22 heavy (non-hydrogen) atoms. The molecule has 1 aliphatic rings. The van der Waals surface area contributed by atoms with E-state index in [-0.39, 0.29) is 5.91 Å². The maximum Gasteiger partial charge on any atom is 0.307 e. The molecule has 0 aliphatic heterocycles. The number of aryl methyl sites for hydroxylation is 1. The lowest BCUT2D eigenvalue weighted by Gasteiger charge is -2.24. The number of nitrogens with one attached hydrogen (secondary N) is 1. The summed E-state index contributed by atoms with van der Waals surface area (Å²) in [5, 5.41) is 11.9. The first-order chi connectivity index (χ1) is 10.4. The van der Waals surface area contributed by atoms with Gasteiger partial charge in [0.15, 0.2) is 0 Å². The molecule has 0 spiro atoms. The first kappa shape index (κ1) is 15.8. The van der Waals surface area contributed by atoms with Crippen LogP contribution in [0.25, 0.3) is 0 Å². The molecule has 2 unspecified atom stereocenters. The van der Waals surface area contributed by atoms with Crippen LogP contribution in [0.5, 0.6) is 0 Å². The number of hydrogen-bond donors (Lipinski definition) is 3. The molecule has 116 valence electrons. The van der Waals surface area contributed by atoms with Crippen LogP contribution in [0.1, 0.15) is 28.8 Å². The SMILES string of the molecule is Cc1ccc(NC(=O)C2CC=CCC2C(=O)O)cc1C(N)=O. The quantitative estimate of drug-likeness (QED) is 0.735. The van der Waals surface area contributed by atoms with E-state index >= 15 is 0 Å². The summed E-state index contributed by atoms with van der Waals surface area (Å²) in [6, 6.07) is 4.85. The van der Waals surface area contributed by atoms with Crippen molar-refractivity contribution in [3.05, 3.63) is 41.5 Å². The average Bonchev–Trinajstić information content (AvgIpc) is 2.48. The highest BCUT2D eigenvalue weighted by Gasteiger charge is 2.33. The first-order valence-corrected chi connectivity index (χ1v) is 6.99. The molecular formula is C16H18N2O4. The Balaban J connectivity index is 2.18. The Morgan fingerprint density at radius 1 is 1.18 bits per heavy atom. The molecule has 0 bridgehead atoms. The highest BCUT2D eigenvalue weighted by molar-refractivity contribution is 5.99. The molecule has 6 nitrogen and oxygen atoms in total. The van der Waals surface area contributed by atoms with Crippen LogP contribution in [0.3, 0.4) is 0 Å². The Hall–Kier alpha value is -2.63. The minimum atomic E-state index is -0.980. The fourth-order valence-corrected chi connectivity index (χ4v) is 2.58. The third-order valence-corrected chi connectivity index (χ3v) is 3.86. The van der Waals surface area contributed by atoms with E-state index in [1.165, 1.54) is 6.07 Å². The summed E-state index contributed by atoms with van der Waals surface area (Å²) in [4.78, 5) is 34.9. The van der Waals surface area contributed by atoms with Crippen LogP contribution >= 0.6 is 0 Å². The molecule has 0 saturated heterocycles. The van der Waals surface area contributed by atoms with Crippen LogP contribution in [-0.2, 0) is 9.59 Å². The molecule has 0 radical (unpaired) electrons. The molecule has 6 heteroatoms. The summed E-state index contributed by atoms with van der Waals surface area (Å²) < 4.78 is 0. The number of aliphatic carboxylic acids is 1. The molecule has 0 aromatic heterocycles. The fourth-order valence-electron chi connectivity index (χ4n) is 2.58. The molecular weight excluding hydrogens is 284 g/mol. The average molecular weight is 302 g/mol. The molecule has 1 aromatic rings. The van der Waals surface area contributed by atoms with Crippen LogP contribution in [0, 0.1) is 18.8 Å². The monoisotopic (exact) mass is 302 g/mol. The van der Waals surface area contributed by atoms with Crippen LogP contribution in [0.4, 0.5) is 5.69 Å². The summed E-state index contributed by atoms with van der Waals surface area (Å²) in [7, 11) is 0. The van der Waals surface area contributed by atoms with E-state index in [0.717, 1.165) is 5.56 Å². The van der Waals surface area contributed by atoms with E-state index in [2.05, 4.69) is 5.32 Å². The summed E-state index contributed by atoms with van der Waals surface area (Å²) in [5.74, 6) is -3.27. The van der Waals surface area contributed by atoms with Gasteiger partial charge in [-0.15, -0.1) is 0 Å². The second-order valence-corrected chi connectivity index (χ2v) is 5.38. The minimum absolute atomic E-state index is 0.330. The van der Waals surface area contributed by atoms with Crippen molar-refractivity contribution in [2.45, 2.75) is 19.8 Å². The number of carboxylic acids is 1. The predicted molar refractivity (Wildman–Crippen MR) is 81.3 cm³/mol. The standard InChI is InChI=1S/C16H18N2O4/c1-9-6-7-10(8-13(9)14(17)19)18-15(20)11-4-2-3-5-12(11)16(21)22/h2-3,6-8,11-12H,4-5H2,1H3,(H2,17,19)(H,18,20)(H,21,22). The van der Waals surface area contributed by atoms with Gasteiger partial charge in [-0.3, -0.25) is 14.4 Å². The van der Waals surface area contributed by atoms with Crippen molar-refractivity contribution in [3.63, 3.8) is 0 Å². The lowest BCUT2D eigenvalue weighted by molar-refractivity contribution is -0.146. The molecule has 0 fully saturated rings. The van der Waals surface area contributed by atoms with Crippen molar-refractivity contribution in [2.75, 3.05) is 5.32 Å². The Labute approximate surface area is 128 Å². The Morgan fingerprint density at radius 2 is 1.82 bits per heavy atom. The van der Waals surface area contributed by atoms with Crippen LogP contribution in [0.15, 0.2) is 30.4 Å². The molecule has 4 N–H and O–H groups in total. The van der Waals surface area contributed by atoms with Crippen molar-refractivity contribution < 1.29 is 19.5 Å². The summed E-state index contributed by atoms with van der Waals surface area (Å²) in [6.45, 7) is 1.75. The van der Waals surface area contributed by atoms with E-state index in [0.29, 0.717) is 24.1 Å². The highest BCUT2D eigenvalue weighted by Crippen LogP contribution is 2.27. The minimum Gasteiger partial charge on any atom is -0.481 e. The first-order valence-electron chi connectivity index (χ1n) is 6.99. The molecule has 1 aromatic carbocycles. The molecule has 0 heterocycles. The van der Waals surface area contributed by atoms with Gasteiger partial charge in [-0.25, -0.2) is 0 Å². The van der Waals surface area contributed by atoms with E-state index in [9.17, 15) is 19.5 Å². The smallest absolute Gasteiger partial charge is 0.307 e. The van der Waals surface area contributed by atoms with Gasteiger partial charge in [-0.1, -0.05) is 18.2 Å². The van der Waals surface area contributed by atoms with Crippen LogP contribution < -0.4 is 11.1 Å². The number of primary amides is 1. The van der Waals surface area contributed by atoms with E-state index in [1.54, 1.807) is 25.1 Å². The molecule has 0 saturated carbocycles. The van der Waals surface area contributed by atoms with Gasteiger partial charge in [-0.2, -0.15) is 0 Å². The molecule has 2 rings (SSSR count). The van der Waals surface area contributed by atoms with Gasteiger partial charge in [0.1, 0.15) is 0 Å². The summed E-state index contributed by atoms with van der Waals surface area (Å²) in [5.41, 5.74) is 6.76. The molecule has 2 atom stereocenters. The Kier molecular flexibility index (Phi) is 4.60. The topological polar surface area (TPSA) is 109 Å². The second kappa shape index (κ2) is 6.43. The van der Waals surface area contributed by atoms with E-state index in [4.69, 9.17) is 5.73 Å². The van der Waals surface area contributed by atoms with Gasteiger partial charge < -0.3 is 16.2 Å². The number of carbonyl (C=O) groups is 3. The van der Waals surface area contributed by atoms with Crippen molar-refractivity contribution >= 4 is 23.5 Å².